The van der Waals surface area contributed by atoms with Crippen LogP contribution in [0.3, 0.4) is 0 Å². The van der Waals surface area contributed by atoms with Crippen molar-refractivity contribution < 1.29 is 9.45 Å². The maximum atomic E-state index is 10.4. The highest BCUT2D eigenvalue weighted by molar-refractivity contribution is 5.30. The van der Waals surface area contributed by atoms with Gasteiger partial charge in [0.05, 0.1) is 11.5 Å². The summed E-state index contributed by atoms with van der Waals surface area (Å²) in [6.07, 6.45) is 2.24. The summed E-state index contributed by atoms with van der Waals surface area (Å²) >= 11 is 0. The summed E-state index contributed by atoms with van der Waals surface area (Å²) in [5, 5.41) is 16.8. The fraction of sp³-hybridized carbons (Fsp3) is 0.250. The van der Waals surface area contributed by atoms with Crippen LogP contribution in [0, 0.1) is 17.0 Å². The second-order valence-electron chi connectivity index (χ2n) is 3.11. The van der Waals surface area contributed by atoms with E-state index in [0.29, 0.717) is 11.7 Å². The van der Waals surface area contributed by atoms with Crippen LogP contribution in [0.25, 0.3) is 0 Å². The predicted octanol–water partition coefficient (Wildman–Crippen LogP) is 0.688. The van der Waals surface area contributed by atoms with Crippen molar-refractivity contribution in [1.82, 2.24) is 20.1 Å². The maximum absolute atomic E-state index is 10.4. The van der Waals surface area contributed by atoms with Gasteiger partial charge in [0.25, 0.3) is 0 Å². The molecule has 0 atom stereocenters. The molecule has 0 aliphatic carbocycles. The molecule has 0 saturated heterocycles. The van der Waals surface area contributed by atoms with Crippen LogP contribution >= 0.6 is 0 Å². The van der Waals surface area contributed by atoms with Gasteiger partial charge >= 0.3 is 5.69 Å². The standard InChI is InChI=1S/C8H8N6O3/c1-5-12-7(17-13-5)4-11-8-9-2-6(3-10-8)14(15)16/h2-3H,4H2,1H3,(H,9,10,11). The van der Waals surface area contributed by atoms with Crippen molar-refractivity contribution in [3.63, 3.8) is 0 Å². The van der Waals surface area contributed by atoms with Crippen LogP contribution in [-0.2, 0) is 6.54 Å². The molecular formula is C8H8N6O3. The maximum Gasteiger partial charge on any atom is 0.305 e. The van der Waals surface area contributed by atoms with E-state index in [1.54, 1.807) is 6.92 Å². The van der Waals surface area contributed by atoms with Crippen molar-refractivity contribution >= 4 is 11.6 Å². The van der Waals surface area contributed by atoms with Gasteiger partial charge in [-0.3, -0.25) is 10.1 Å². The molecule has 2 rings (SSSR count). The van der Waals surface area contributed by atoms with Gasteiger partial charge in [-0.05, 0) is 6.92 Å². The summed E-state index contributed by atoms with van der Waals surface area (Å²) in [7, 11) is 0. The van der Waals surface area contributed by atoms with Crippen LogP contribution in [0.15, 0.2) is 16.9 Å². The minimum atomic E-state index is -0.564. The van der Waals surface area contributed by atoms with Gasteiger partial charge in [-0.1, -0.05) is 5.16 Å². The molecule has 0 spiro atoms. The van der Waals surface area contributed by atoms with Gasteiger partial charge in [-0.25, -0.2) is 9.97 Å². The number of nitro groups is 1. The normalized spacial score (nSPS) is 10.2. The molecule has 0 fully saturated rings. The third-order valence-electron chi connectivity index (χ3n) is 1.82. The molecule has 0 aromatic carbocycles. The first kappa shape index (κ1) is 10.9. The lowest BCUT2D eigenvalue weighted by atomic mass is 10.5. The molecular weight excluding hydrogens is 228 g/mol. The van der Waals surface area contributed by atoms with E-state index in [2.05, 4.69) is 25.4 Å². The molecule has 2 aromatic heterocycles. The van der Waals surface area contributed by atoms with Crippen LogP contribution in [0.1, 0.15) is 11.7 Å². The summed E-state index contributed by atoms with van der Waals surface area (Å²) in [5.74, 6) is 1.18. The highest BCUT2D eigenvalue weighted by Gasteiger charge is 2.07. The second-order valence-corrected chi connectivity index (χ2v) is 3.11. The van der Waals surface area contributed by atoms with Crippen molar-refractivity contribution in [2.75, 3.05) is 5.32 Å². The minimum Gasteiger partial charge on any atom is -0.345 e. The van der Waals surface area contributed by atoms with E-state index in [0.717, 1.165) is 12.4 Å². The Kier molecular flexibility index (Phi) is 2.90. The molecule has 0 aliphatic rings. The average Bonchev–Trinajstić information content (AvgIpc) is 2.73. The Morgan fingerprint density at radius 3 is 2.71 bits per heavy atom. The van der Waals surface area contributed by atoms with Crippen molar-refractivity contribution in [2.24, 2.45) is 0 Å². The van der Waals surface area contributed by atoms with Crippen molar-refractivity contribution in [2.45, 2.75) is 13.5 Å². The lowest BCUT2D eigenvalue weighted by Crippen LogP contribution is -2.04. The van der Waals surface area contributed by atoms with Gasteiger partial charge in [0.2, 0.25) is 11.8 Å². The second kappa shape index (κ2) is 4.51. The molecule has 0 bridgehead atoms. The fourth-order valence-corrected chi connectivity index (χ4v) is 1.07. The third-order valence-corrected chi connectivity index (χ3v) is 1.82. The van der Waals surface area contributed by atoms with Crippen LogP contribution in [0.2, 0.25) is 0 Å². The average molecular weight is 236 g/mol. The first-order chi connectivity index (χ1) is 8.15. The van der Waals surface area contributed by atoms with E-state index in [4.69, 9.17) is 4.52 Å². The minimum absolute atomic E-state index is 0.163. The lowest BCUT2D eigenvalue weighted by Gasteiger charge is -1.99. The zero-order valence-corrected chi connectivity index (χ0v) is 8.82. The van der Waals surface area contributed by atoms with E-state index < -0.39 is 4.92 Å². The van der Waals surface area contributed by atoms with Gasteiger partial charge < -0.3 is 9.84 Å². The SMILES string of the molecule is Cc1noc(CNc2ncc([N+](=O)[O-])cn2)n1. The van der Waals surface area contributed by atoms with E-state index >= 15 is 0 Å². The molecule has 0 unspecified atom stereocenters. The van der Waals surface area contributed by atoms with E-state index in [-0.39, 0.29) is 18.2 Å². The molecule has 88 valence electrons. The van der Waals surface area contributed by atoms with Crippen LogP contribution in [0.4, 0.5) is 11.6 Å². The third kappa shape index (κ3) is 2.71. The molecule has 2 heterocycles. The number of hydrogen-bond donors (Lipinski definition) is 1. The van der Waals surface area contributed by atoms with Crippen LogP contribution in [0.5, 0.6) is 0 Å². The topological polar surface area (TPSA) is 120 Å². The smallest absolute Gasteiger partial charge is 0.305 e. The monoisotopic (exact) mass is 236 g/mol. The number of aryl methyl sites for hydroxylation is 1. The number of aromatic nitrogens is 4. The largest absolute Gasteiger partial charge is 0.345 e. The molecule has 0 amide bonds. The highest BCUT2D eigenvalue weighted by atomic mass is 16.6. The fourth-order valence-electron chi connectivity index (χ4n) is 1.07. The van der Waals surface area contributed by atoms with Crippen molar-refractivity contribution in [1.29, 1.82) is 0 Å². The zero-order valence-electron chi connectivity index (χ0n) is 8.82. The van der Waals surface area contributed by atoms with Crippen LogP contribution < -0.4 is 5.32 Å². The number of hydrogen-bond acceptors (Lipinski definition) is 8. The van der Waals surface area contributed by atoms with Crippen molar-refractivity contribution in [3.8, 4) is 0 Å². The summed E-state index contributed by atoms with van der Waals surface area (Å²) < 4.78 is 4.86. The Bertz CT molecular complexity index is 522. The molecule has 0 aliphatic heterocycles. The molecule has 1 N–H and O–H groups in total. The number of rotatable bonds is 4. The predicted molar refractivity (Wildman–Crippen MR) is 55.0 cm³/mol. The lowest BCUT2D eigenvalue weighted by molar-refractivity contribution is -0.385. The molecule has 9 nitrogen and oxygen atoms in total. The van der Waals surface area contributed by atoms with Crippen LogP contribution in [-0.4, -0.2) is 25.0 Å². The Morgan fingerprint density at radius 1 is 1.47 bits per heavy atom. The van der Waals surface area contributed by atoms with E-state index in [9.17, 15) is 10.1 Å². The summed E-state index contributed by atoms with van der Waals surface area (Å²) in [6.45, 7) is 1.97. The molecule has 17 heavy (non-hydrogen) atoms. The number of nitrogens with one attached hydrogen (secondary N) is 1. The zero-order chi connectivity index (χ0) is 12.3. The van der Waals surface area contributed by atoms with Crippen molar-refractivity contribution in [3.05, 3.63) is 34.2 Å². The first-order valence-electron chi connectivity index (χ1n) is 4.64. The molecule has 2 aromatic rings. The van der Waals surface area contributed by atoms with Gasteiger partial charge in [0.15, 0.2) is 5.82 Å². The molecule has 0 saturated carbocycles. The summed E-state index contributed by atoms with van der Waals surface area (Å²) in [6, 6.07) is 0. The highest BCUT2D eigenvalue weighted by Crippen LogP contribution is 2.08. The molecule has 9 heteroatoms. The van der Waals surface area contributed by atoms with Gasteiger partial charge in [0.1, 0.15) is 12.4 Å². The Balaban J connectivity index is 1.97. The quantitative estimate of drug-likeness (QED) is 0.607. The van der Waals surface area contributed by atoms with E-state index in [1.807, 2.05) is 0 Å². The molecule has 0 radical (unpaired) electrons. The summed E-state index contributed by atoms with van der Waals surface area (Å²) in [5.41, 5.74) is -0.163. The Hall–Kier alpha value is -2.58. The summed E-state index contributed by atoms with van der Waals surface area (Å²) in [4.78, 5) is 21.3. The first-order valence-corrected chi connectivity index (χ1v) is 4.64. The Morgan fingerprint density at radius 2 is 2.18 bits per heavy atom. The number of nitrogens with zero attached hydrogens (tertiary/aromatic N) is 5. The van der Waals surface area contributed by atoms with E-state index in [1.165, 1.54) is 0 Å². The number of anilines is 1. The van der Waals surface area contributed by atoms with Gasteiger partial charge in [0, 0.05) is 0 Å². The van der Waals surface area contributed by atoms with Gasteiger partial charge in [-0.15, -0.1) is 0 Å². The Labute approximate surface area is 95.0 Å². The van der Waals surface area contributed by atoms with Gasteiger partial charge in [-0.2, -0.15) is 4.98 Å².